The second kappa shape index (κ2) is 6.58. The van der Waals surface area contributed by atoms with Crippen molar-refractivity contribution in [2.24, 2.45) is 0 Å². The Kier molecular flexibility index (Phi) is 4.22. The molecule has 1 atom stereocenters. The maximum absolute atomic E-state index is 10.0. The Morgan fingerprint density at radius 2 is 1.96 bits per heavy atom. The Hall–Kier alpha value is -3.08. The first kappa shape index (κ1) is 17.3. The molecular formula is C22H23NO4. The van der Waals surface area contributed by atoms with Crippen LogP contribution in [0, 0.1) is 0 Å². The predicted octanol–water partition coefficient (Wildman–Crippen LogP) is 4.10. The maximum Gasteiger partial charge on any atom is 0.166 e. The Morgan fingerprint density at radius 1 is 1.19 bits per heavy atom. The SMILES string of the molecule is C=CCC1c2c(ccc(OC)c2OC)C=C2c3cc(O)c(O)cc3CCN21. The highest BCUT2D eigenvalue weighted by atomic mass is 16.5. The van der Waals surface area contributed by atoms with E-state index >= 15 is 0 Å². The zero-order chi connectivity index (χ0) is 19.1. The van der Waals surface area contributed by atoms with Crippen molar-refractivity contribution in [3.63, 3.8) is 0 Å². The zero-order valence-electron chi connectivity index (χ0n) is 15.5. The van der Waals surface area contributed by atoms with Crippen LogP contribution in [-0.2, 0) is 6.42 Å². The van der Waals surface area contributed by atoms with Gasteiger partial charge >= 0.3 is 0 Å². The third-order valence-corrected chi connectivity index (χ3v) is 5.42. The molecule has 5 nitrogen and oxygen atoms in total. The zero-order valence-corrected chi connectivity index (χ0v) is 15.5. The van der Waals surface area contributed by atoms with Crippen LogP contribution in [0.5, 0.6) is 23.0 Å². The van der Waals surface area contributed by atoms with Gasteiger partial charge in [0.25, 0.3) is 0 Å². The van der Waals surface area contributed by atoms with E-state index in [4.69, 9.17) is 9.47 Å². The van der Waals surface area contributed by atoms with E-state index < -0.39 is 0 Å². The first-order chi connectivity index (χ1) is 13.1. The number of phenols is 2. The molecular weight excluding hydrogens is 342 g/mol. The Bertz CT molecular complexity index is 948. The topological polar surface area (TPSA) is 62.2 Å². The van der Waals surface area contributed by atoms with Crippen molar-refractivity contribution in [2.75, 3.05) is 20.8 Å². The monoisotopic (exact) mass is 365 g/mol. The van der Waals surface area contributed by atoms with Crippen molar-refractivity contribution in [3.8, 4) is 23.0 Å². The lowest BCUT2D eigenvalue weighted by Crippen LogP contribution is -2.35. The number of fused-ring (bicyclic) bond motifs is 4. The Balaban J connectivity index is 1.96. The van der Waals surface area contributed by atoms with Crippen LogP contribution in [0.25, 0.3) is 11.8 Å². The van der Waals surface area contributed by atoms with Crippen LogP contribution >= 0.6 is 0 Å². The van der Waals surface area contributed by atoms with Crippen LogP contribution in [0.4, 0.5) is 0 Å². The smallest absolute Gasteiger partial charge is 0.166 e. The van der Waals surface area contributed by atoms with Crippen molar-refractivity contribution in [1.82, 2.24) is 4.90 Å². The minimum atomic E-state index is -0.102. The number of nitrogens with zero attached hydrogens (tertiary/aromatic N) is 1. The van der Waals surface area contributed by atoms with E-state index in [1.165, 1.54) is 0 Å². The highest BCUT2D eigenvalue weighted by Crippen LogP contribution is 2.50. The molecule has 0 bridgehead atoms. The lowest BCUT2D eigenvalue weighted by Gasteiger charge is -2.43. The van der Waals surface area contributed by atoms with Gasteiger partial charge in [-0.3, -0.25) is 0 Å². The van der Waals surface area contributed by atoms with Crippen molar-refractivity contribution in [2.45, 2.75) is 18.9 Å². The summed E-state index contributed by atoms with van der Waals surface area (Å²) < 4.78 is 11.2. The average molecular weight is 365 g/mol. The molecule has 2 aromatic carbocycles. The highest BCUT2D eigenvalue weighted by molar-refractivity contribution is 5.87. The van der Waals surface area contributed by atoms with E-state index in [0.717, 1.165) is 53.1 Å². The second-order valence-corrected chi connectivity index (χ2v) is 6.82. The standard InChI is InChI=1S/C22H23NO4/c1-4-5-16-21-14(6-7-20(26-2)22(21)27-3)10-17-15-12-19(25)18(24)11-13(15)8-9-23(16)17/h4,6-7,10-12,16,24-25H,1,5,8-9H2,2-3H3. The number of phenolic OH excluding ortho intramolecular Hbond substituents is 2. The number of rotatable bonds is 4. The second-order valence-electron chi connectivity index (χ2n) is 6.82. The van der Waals surface area contributed by atoms with Crippen molar-refractivity contribution < 1.29 is 19.7 Å². The molecule has 0 fully saturated rings. The van der Waals surface area contributed by atoms with Gasteiger partial charge in [0.1, 0.15) is 0 Å². The van der Waals surface area contributed by atoms with Gasteiger partial charge < -0.3 is 24.6 Å². The number of benzene rings is 2. The van der Waals surface area contributed by atoms with E-state index in [1.807, 2.05) is 18.2 Å². The molecule has 0 saturated carbocycles. The molecule has 1 unspecified atom stereocenters. The van der Waals surface area contributed by atoms with Gasteiger partial charge in [-0.2, -0.15) is 0 Å². The van der Waals surface area contributed by atoms with Gasteiger partial charge in [0, 0.05) is 23.4 Å². The van der Waals surface area contributed by atoms with Crippen LogP contribution in [0.3, 0.4) is 0 Å². The third-order valence-electron chi connectivity index (χ3n) is 5.42. The molecule has 0 saturated heterocycles. The van der Waals surface area contributed by atoms with Gasteiger partial charge in [-0.05, 0) is 48.2 Å². The molecule has 5 heteroatoms. The molecule has 140 valence electrons. The number of methoxy groups -OCH3 is 2. The van der Waals surface area contributed by atoms with E-state index in [0.29, 0.717) is 5.75 Å². The van der Waals surface area contributed by atoms with E-state index in [2.05, 4.69) is 17.6 Å². The fraction of sp³-hybridized carbons (Fsp3) is 0.273. The molecule has 27 heavy (non-hydrogen) atoms. The third kappa shape index (κ3) is 2.62. The van der Waals surface area contributed by atoms with Gasteiger partial charge in [-0.1, -0.05) is 12.1 Å². The fourth-order valence-corrected chi connectivity index (χ4v) is 4.21. The summed E-state index contributed by atoms with van der Waals surface area (Å²) in [7, 11) is 3.30. The summed E-state index contributed by atoms with van der Waals surface area (Å²) in [6, 6.07) is 7.32. The molecule has 2 aliphatic heterocycles. The molecule has 0 aliphatic carbocycles. The van der Waals surface area contributed by atoms with Crippen molar-refractivity contribution in [1.29, 1.82) is 0 Å². The van der Waals surface area contributed by atoms with Gasteiger partial charge in [0.15, 0.2) is 23.0 Å². The number of ether oxygens (including phenoxy) is 2. The summed E-state index contributed by atoms with van der Waals surface area (Å²) in [5.74, 6) is 1.28. The highest BCUT2D eigenvalue weighted by Gasteiger charge is 2.35. The van der Waals surface area contributed by atoms with Crippen molar-refractivity contribution in [3.05, 3.63) is 59.2 Å². The number of hydrogen-bond acceptors (Lipinski definition) is 5. The summed E-state index contributed by atoms with van der Waals surface area (Å²) in [5.41, 5.74) is 5.18. The van der Waals surface area contributed by atoms with Gasteiger partial charge in [-0.25, -0.2) is 0 Å². The lowest BCUT2D eigenvalue weighted by atomic mass is 9.85. The lowest BCUT2D eigenvalue weighted by molar-refractivity contribution is 0.277. The summed E-state index contributed by atoms with van der Waals surface area (Å²) in [4.78, 5) is 2.32. The van der Waals surface area contributed by atoms with E-state index in [1.54, 1.807) is 26.4 Å². The molecule has 4 rings (SSSR count). The van der Waals surface area contributed by atoms with E-state index in [9.17, 15) is 10.2 Å². The quantitative estimate of drug-likeness (QED) is 0.631. The Labute approximate surface area is 158 Å². The minimum Gasteiger partial charge on any atom is -0.504 e. The maximum atomic E-state index is 10.0. The van der Waals surface area contributed by atoms with Crippen LogP contribution in [-0.4, -0.2) is 35.9 Å². The fourth-order valence-electron chi connectivity index (χ4n) is 4.21. The summed E-state index contributed by atoms with van der Waals surface area (Å²) in [5, 5.41) is 19.9. The summed E-state index contributed by atoms with van der Waals surface area (Å²) in [6.45, 7) is 4.75. The van der Waals surface area contributed by atoms with Crippen LogP contribution < -0.4 is 9.47 Å². The normalized spacial score (nSPS) is 17.3. The van der Waals surface area contributed by atoms with Gasteiger partial charge in [-0.15, -0.1) is 6.58 Å². The molecule has 0 aromatic heterocycles. The minimum absolute atomic E-state index is 0.0617. The molecule has 2 heterocycles. The van der Waals surface area contributed by atoms with Gasteiger partial charge in [0.2, 0.25) is 0 Å². The average Bonchev–Trinajstić information content (AvgIpc) is 2.68. The van der Waals surface area contributed by atoms with Crippen LogP contribution in [0.1, 0.15) is 34.7 Å². The molecule has 2 aliphatic rings. The van der Waals surface area contributed by atoms with E-state index in [-0.39, 0.29) is 17.5 Å². The molecule has 0 amide bonds. The number of aromatic hydroxyl groups is 2. The van der Waals surface area contributed by atoms with Crippen LogP contribution in [0.15, 0.2) is 36.9 Å². The molecule has 2 N–H and O–H groups in total. The van der Waals surface area contributed by atoms with Crippen LogP contribution in [0.2, 0.25) is 0 Å². The number of hydrogen-bond donors (Lipinski definition) is 2. The van der Waals surface area contributed by atoms with Gasteiger partial charge in [0.05, 0.1) is 20.3 Å². The van der Waals surface area contributed by atoms with Crippen molar-refractivity contribution >= 4 is 11.8 Å². The predicted molar refractivity (Wildman–Crippen MR) is 105 cm³/mol. The summed E-state index contributed by atoms with van der Waals surface area (Å²) >= 11 is 0. The molecule has 0 spiro atoms. The first-order valence-corrected chi connectivity index (χ1v) is 8.98. The molecule has 0 radical (unpaired) electrons. The largest absolute Gasteiger partial charge is 0.504 e. The Morgan fingerprint density at radius 3 is 2.67 bits per heavy atom. The first-order valence-electron chi connectivity index (χ1n) is 8.98. The summed E-state index contributed by atoms with van der Waals surface area (Å²) in [6.07, 6.45) is 5.58. The molecule has 2 aromatic rings.